The van der Waals surface area contributed by atoms with E-state index in [4.69, 9.17) is 4.74 Å². The van der Waals surface area contributed by atoms with E-state index in [1.807, 2.05) is 0 Å². The molecule has 1 saturated carbocycles. The molecule has 0 bridgehead atoms. The summed E-state index contributed by atoms with van der Waals surface area (Å²) in [5.41, 5.74) is -0.589. The van der Waals surface area contributed by atoms with Crippen LogP contribution in [0.25, 0.3) is 0 Å². The third kappa shape index (κ3) is 3.81. The van der Waals surface area contributed by atoms with Gasteiger partial charge >= 0.3 is 5.69 Å². The second-order valence-corrected chi connectivity index (χ2v) is 5.52. The van der Waals surface area contributed by atoms with E-state index in [2.05, 4.69) is 10.3 Å². The first-order valence-corrected chi connectivity index (χ1v) is 7.10. The Morgan fingerprint density at radius 2 is 2.24 bits per heavy atom. The first kappa shape index (κ1) is 15.5. The largest absolute Gasteiger partial charge is 0.384 e. The van der Waals surface area contributed by atoms with Gasteiger partial charge in [-0.3, -0.25) is 19.1 Å². The van der Waals surface area contributed by atoms with Crippen molar-refractivity contribution >= 4 is 5.91 Å². The van der Waals surface area contributed by atoms with Gasteiger partial charge in [-0.05, 0) is 19.8 Å². The fourth-order valence-electron chi connectivity index (χ4n) is 2.78. The molecule has 0 radical (unpaired) electrons. The highest BCUT2D eigenvalue weighted by atomic mass is 16.5. The van der Waals surface area contributed by atoms with Gasteiger partial charge < -0.3 is 10.1 Å². The van der Waals surface area contributed by atoms with Crippen LogP contribution in [0.5, 0.6) is 0 Å². The molecule has 1 aromatic heterocycles. The Balaban J connectivity index is 2.00. The van der Waals surface area contributed by atoms with Crippen LogP contribution in [0.4, 0.5) is 0 Å². The Bertz CT molecular complexity index is 619. The zero-order valence-corrected chi connectivity index (χ0v) is 12.3. The van der Waals surface area contributed by atoms with Crippen LogP contribution in [-0.4, -0.2) is 35.2 Å². The molecule has 0 aliphatic heterocycles. The van der Waals surface area contributed by atoms with Gasteiger partial charge in [0.15, 0.2) is 0 Å². The van der Waals surface area contributed by atoms with Crippen molar-refractivity contribution in [1.82, 2.24) is 14.9 Å². The maximum atomic E-state index is 12.1. The second-order valence-electron chi connectivity index (χ2n) is 5.52. The highest BCUT2D eigenvalue weighted by molar-refractivity contribution is 5.76. The van der Waals surface area contributed by atoms with Crippen molar-refractivity contribution in [2.45, 2.75) is 38.8 Å². The maximum Gasteiger partial charge on any atom is 0.328 e. The van der Waals surface area contributed by atoms with Gasteiger partial charge in [0.25, 0.3) is 5.56 Å². The molecule has 1 aliphatic carbocycles. The Morgan fingerprint density at radius 1 is 1.48 bits per heavy atom. The van der Waals surface area contributed by atoms with Gasteiger partial charge in [-0.1, -0.05) is 6.42 Å². The van der Waals surface area contributed by atoms with E-state index in [-0.39, 0.29) is 18.5 Å². The van der Waals surface area contributed by atoms with Gasteiger partial charge in [0.05, 0.1) is 6.61 Å². The maximum absolute atomic E-state index is 12.1. The fourth-order valence-corrected chi connectivity index (χ4v) is 2.78. The van der Waals surface area contributed by atoms with Crippen molar-refractivity contribution in [3.8, 4) is 0 Å². The lowest BCUT2D eigenvalue weighted by molar-refractivity contribution is -0.122. The van der Waals surface area contributed by atoms with Crippen LogP contribution >= 0.6 is 0 Å². The number of rotatable bonds is 5. The van der Waals surface area contributed by atoms with Crippen molar-refractivity contribution in [1.29, 1.82) is 0 Å². The third-order valence-corrected chi connectivity index (χ3v) is 3.89. The lowest BCUT2D eigenvalue weighted by Crippen LogP contribution is -2.42. The summed E-state index contributed by atoms with van der Waals surface area (Å²) in [7, 11) is 1.65. The highest BCUT2D eigenvalue weighted by Crippen LogP contribution is 2.25. The molecule has 2 N–H and O–H groups in total. The third-order valence-electron chi connectivity index (χ3n) is 3.89. The van der Waals surface area contributed by atoms with Gasteiger partial charge in [0.1, 0.15) is 6.54 Å². The molecule has 1 aliphatic rings. The van der Waals surface area contributed by atoms with Gasteiger partial charge in [-0.15, -0.1) is 0 Å². The number of hydrogen-bond donors (Lipinski definition) is 2. The average molecular weight is 295 g/mol. The molecule has 0 aromatic carbocycles. The van der Waals surface area contributed by atoms with Crippen LogP contribution in [0.15, 0.2) is 15.8 Å². The topological polar surface area (TPSA) is 93.2 Å². The molecule has 0 spiro atoms. The first-order valence-electron chi connectivity index (χ1n) is 7.10. The van der Waals surface area contributed by atoms with Crippen LogP contribution in [0.2, 0.25) is 0 Å². The van der Waals surface area contributed by atoms with Gasteiger partial charge in [-0.25, -0.2) is 4.79 Å². The van der Waals surface area contributed by atoms with E-state index in [1.165, 1.54) is 10.8 Å². The number of H-pyrrole nitrogens is 1. The Morgan fingerprint density at radius 3 is 2.95 bits per heavy atom. The van der Waals surface area contributed by atoms with Crippen LogP contribution < -0.4 is 16.6 Å². The number of amides is 1. The molecule has 7 nitrogen and oxygen atoms in total. The summed E-state index contributed by atoms with van der Waals surface area (Å²) in [4.78, 5) is 37.2. The van der Waals surface area contributed by atoms with Crippen LogP contribution in [0.3, 0.4) is 0 Å². The zero-order valence-electron chi connectivity index (χ0n) is 12.3. The average Bonchev–Trinajstić information content (AvgIpc) is 2.84. The molecule has 1 fully saturated rings. The first-order chi connectivity index (χ1) is 10.0. The smallest absolute Gasteiger partial charge is 0.328 e. The SMILES string of the molecule is COC[C@H]1CCC[C@H]1NC(=O)Cn1cc(C)c(=O)[nH]c1=O. The molecular formula is C14H21N3O4. The standard InChI is InChI=1S/C14H21N3O4/c1-9-6-17(14(20)16-13(9)19)7-12(18)15-11-5-3-4-10(11)8-21-2/h6,10-11H,3-5,7-8H2,1-2H3,(H,15,18)(H,16,19,20)/t10-,11-/m1/s1. The molecule has 2 rings (SSSR count). The van der Waals surface area contributed by atoms with E-state index in [1.54, 1.807) is 14.0 Å². The zero-order chi connectivity index (χ0) is 15.4. The molecule has 1 aromatic rings. The van der Waals surface area contributed by atoms with Crippen LogP contribution in [-0.2, 0) is 16.1 Å². The Labute approximate surface area is 122 Å². The number of methoxy groups -OCH3 is 1. The minimum atomic E-state index is -0.569. The van der Waals surface area contributed by atoms with Crippen molar-refractivity contribution < 1.29 is 9.53 Å². The molecule has 7 heteroatoms. The van der Waals surface area contributed by atoms with Gasteiger partial charge in [0, 0.05) is 30.8 Å². The number of aromatic amines is 1. The summed E-state index contributed by atoms with van der Waals surface area (Å²) in [6.45, 7) is 2.13. The minimum absolute atomic E-state index is 0.0906. The summed E-state index contributed by atoms with van der Waals surface area (Å²) >= 11 is 0. The summed E-state index contributed by atoms with van der Waals surface area (Å²) in [5, 5.41) is 2.95. The molecule has 0 unspecified atom stereocenters. The molecule has 0 saturated heterocycles. The quantitative estimate of drug-likeness (QED) is 0.785. The number of aryl methyl sites for hydroxylation is 1. The number of ether oxygens (including phenoxy) is 1. The summed E-state index contributed by atoms with van der Waals surface area (Å²) < 4.78 is 6.37. The van der Waals surface area contributed by atoms with E-state index in [0.29, 0.717) is 18.1 Å². The van der Waals surface area contributed by atoms with E-state index in [9.17, 15) is 14.4 Å². The van der Waals surface area contributed by atoms with Gasteiger partial charge in [0.2, 0.25) is 5.91 Å². The monoisotopic (exact) mass is 295 g/mol. The van der Waals surface area contributed by atoms with E-state index < -0.39 is 11.2 Å². The minimum Gasteiger partial charge on any atom is -0.384 e. The van der Waals surface area contributed by atoms with Gasteiger partial charge in [-0.2, -0.15) is 0 Å². The molecule has 1 amide bonds. The number of aromatic nitrogens is 2. The second kappa shape index (κ2) is 6.71. The molecule has 116 valence electrons. The summed E-state index contributed by atoms with van der Waals surface area (Å²) in [5.74, 6) is 0.101. The predicted molar refractivity (Wildman–Crippen MR) is 77.2 cm³/mol. The normalized spacial score (nSPS) is 21.4. The lowest BCUT2D eigenvalue weighted by Gasteiger charge is -2.20. The number of carbonyl (C=O) groups is 1. The highest BCUT2D eigenvalue weighted by Gasteiger charge is 2.28. The molecule has 1 heterocycles. The summed E-state index contributed by atoms with van der Waals surface area (Å²) in [6, 6.07) is 0.0945. The van der Waals surface area contributed by atoms with Crippen molar-refractivity contribution in [3.05, 3.63) is 32.6 Å². The lowest BCUT2D eigenvalue weighted by atomic mass is 10.1. The predicted octanol–water partition coefficient (Wildman–Crippen LogP) is -0.224. The number of carbonyl (C=O) groups excluding carboxylic acids is 1. The number of nitrogens with zero attached hydrogens (tertiary/aromatic N) is 1. The Hall–Kier alpha value is -1.89. The summed E-state index contributed by atoms with van der Waals surface area (Å²) in [6.07, 6.45) is 4.44. The molecular weight excluding hydrogens is 274 g/mol. The van der Waals surface area contributed by atoms with E-state index >= 15 is 0 Å². The van der Waals surface area contributed by atoms with Crippen molar-refractivity contribution in [3.63, 3.8) is 0 Å². The molecule has 2 atom stereocenters. The number of nitrogens with one attached hydrogen (secondary N) is 2. The van der Waals surface area contributed by atoms with Crippen molar-refractivity contribution in [2.75, 3.05) is 13.7 Å². The molecule has 21 heavy (non-hydrogen) atoms. The fraction of sp³-hybridized carbons (Fsp3) is 0.643. The van der Waals surface area contributed by atoms with Crippen LogP contribution in [0.1, 0.15) is 24.8 Å². The van der Waals surface area contributed by atoms with Crippen LogP contribution in [0, 0.1) is 12.8 Å². The van der Waals surface area contributed by atoms with Crippen molar-refractivity contribution in [2.24, 2.45) is 5.92 Å². The Kier molecular flexibility index (Phi) is 4.95. The number of hydrogen-bond acceptors (Lipinski definition) is 4. The van der Waals surface area contributed by atoms with E-state index in [0.717, 1.165) is 19.3 Å².